The maximum atomic E-state index is 13.6. The molecular formula is C32H43N9O3. The van der Waals surface area contributed by atoms with Crippen molar-refractivity contribution >= 4 is 23.7 Å². The number of carbonyl (C=O) groups excluding carboxylic acids is 3. The van der Waals surface area contributed by atoms with Crippen molar-refractivity contribution < 1.29 is 14.4 Å². The SMILES string of the molecule is C=CCN1CC(=O)N2CC(=O)N(Cc3cccc(N4CC(N5CCN(CC)CC5)C4)n3)C[C@@H]2N1C(=O)NCc1ccccc1. The Morgan fingerprint density at radius 2 is 1.75 bits per heavy atom. The van der Waals surface area contributed by atoms with E-state index in [4.69, 9.17) is 4.98 Å². The van der Waals surface area contributed by atoms with Crippen LogP contribution in [0.1, 0.15) is 18.2 Å². The molecule has 4 aliphatic heterocycles. The van der Waals surface area contributed by atoms with Gasteiger partial charge in [-0.1, -0.05) is 49.4 Å². The zero-order valence-corrected chi connectivity index (χ0v) is 25.6. The van der Waals surface area contributed by atoms with Gasteiger partial charge in [-0.2, -0.15) is 0 Å². The fraction of sp³-hybridized carbons (Fsp3) is 0.500. The number of fused-ring (bicyclic) bond motifs is 1. The number of rotatable bonds is 9. The van der Waals surface area contributed by atoms with Crippen LogP contribution in [-0.4, -0.2) is 137 Å². The molecule has 4 saturated heterocycles. The van der Waals surface area contributed by atoms with Gasteiger partial charge in [0.1, 0.15) is 18.5 Å². The van der Waals surface area contributed by atoms with Gasteiger partial charge in [0.15, 0.2) is 0 Å². The van der Waals surface area contributed by atoms with Crippen LogP contribution >= 0.6 is 0 Å². The third-order valence-corrected chi connectivity index (χ3v) is 9.16. The molecule has 12 nitrogen and oxygen atoms in total. The van der Waals surface area contributed by atoms with Crippen molar-refractivity contribution in [2.45, 2.75) is 32.2 Å². The van der Waals surface area contributed by atoms with Crippen molar-refractivity contribution in [3.8, 4) is 0 Å². The largest absolute Gasteiger partial charge is 0.353 e. The van der Waals surface area contributed by atoms with Gasteiger partial charge in [0.2, 0.25) is 11.8 Å². The topological polar surface area (TPSA) is 98.8 Å². The molecule has 44 heavy (non-hydrogen) atoms. The van der Waals surface area contributed by atoms with E-state index in [-0.39, 0.29) is 37.5 Å². The van der Waals surface area contributed by atoms with Gasteiger partial charge < -0.3 is 24.9 Å². The van der Waals surface area contributed by atoms with Crippen LogP contribution < -0.4 is 10.2 Å². The highest BCUT2D eigenvalue weighted by Gasteiger charge is 2.46. The van der Waals surface area contributed by atoms with Crippen molar-refractivity contribution in [2.24, 2.45) is 0 Å². The fourth-order valence-electron chi connectivity index (χ4n) is 6.54. The summed E-state index contributed by atoms with van der Waals surface area (Å²) in [5.74, 6) is 0.586. The normalized spacial score (nSPS) is 22.2. The summed E-state index contributed by atoms with van der Waals surface area (Å²) in [6, 6.07) is 15.9. The monoisotopic (exact) mass is 601 g/mol. The van der Waals surface area contributed by atoms with Crippen LogP contribution in [0.25, 0.3) is 0 Å². The molecule has 5 heterocycles. The summed E-state index contributed by atoms with van der Waals surface area (Å²) >= 11 is 0. The number of nitrogens with zero attached hydrogens (tertiary/aromatic N) is 8. The number of amides is 4. The Kier molecular flexibility index (Phi) is 9.10. The number of anilines is 1. The molecule has 0 aliphatic carbocycles. The highest BCUT2D eigenvalue weighted by molar-refractivity contribution is 5.89. The summed E-state index contributed by atoms with van der Waals surface area (Å²) in [6.07, 6.45) is 1.05. The first-order chi connectivity index (χ1) is 21.4. The predicted octanol–water partition coefficient (Wildman–Crippen LogP) is 1.03. The number of pyridine rings is 1. The first-order valence-electron chi connectivity index (χ1n) is 15.6. The second-order valence-electron chi connectivity index (χ2n) is 11.9. The lowest BCUT2D eigenvalue weighted by molar-refractivity contribution is -0.180. The number of likely N-dealkylation sites (N-methyl/N-ethyl adjacent to an activating group) is 1. The van der Waals surface area contributed by atoms with Crippen molar-refractivity contribution in [3.63, 3.8) is 0 Å². The van der Waals surface area contributed by atoms with Crippen LogP contribution in [0.2, 0.25) is 0 Å². The second kappa shape index (κ2) is 13.3. The van der Waals surface area contributed by atoms with E-state index in [9.17, 15) is 14.4 Å². The molecule has 12 heteroatoms. The molecule has 234 valence electrons. The second-order valence-corrected chi connectivity index (χ2v) is 11.9. The third-order valence-electron chi connectivity index (χ3n) is 9.16. The molecule has 2 aromatic rings. The van der Waals surface area contributed by atoms with Gasteiger partial charge in [-0.15, -0.1) is 6.58 Å². The van der Waals surface area contributed by atoms with E-state index in [1.807, 2.05) is 48.5 Å². The Labute approximate surface area is 259 Å². The zero-order chi connectivity index (χ0) is 30.6. The third kappa shape index (κ3) is 6.42. The highest BCUT2D eigenvalue weighted by Crippen LogP contribution is 2.26. The van der Waals surface area contributed by atoms with Crippen LogP contribution in [-0.2, 0) is 22.7 Å². The average molecular weight is 602 g/mol. The Balaban J connectivity index is 1.11. The first kappa shape index (κ1) is 30.0. The predicted molar refractivity (Wildman–Crippen MR) is 167 cm³/mol. The minimum atomic E-state index is -0.628. The van der Waals surface area contributed by atoms with Crippen LogP contribution in [0.4, 0.5) is 10.6 Å². The quantitative estimate of drug-likeness (QED) is 0.426. The molecule has 4 amide bonds. The Morgan fingerprint density at radius 1 is 0.977 bits per heavy atom. The number of urea groups is 1. The number of aromatic nitrogens is 1. The van der Waals surface area contributed by atoms with Crippen molar-refractivity contribution in [2.75, 3.05) is 76.9 Å². The maximum Gasteiger partial charge on any atom is 0.334 e. The summed E-state index contributed by atoms with van der Waals surface area (Å²) in [5.41, 5.74) is 1.76. The van der Waals surface area contributed by atoms with Crippen LogP contribution in [0.15, 0.2) is 61.2 Å². The Morgan fingerprint density at radius 3 is 2.48 bits per heavy atom. The summed E-state index contributed by atoms with van der Waals surface area (Å²) in [7, 11) is 0. The molecule has 1 atom stereocenters. The standard InChI is InChI=1S/C32H43N9O3/c1-3-13-39-23-31(43)40-24-30(42)38(22-29(40)41(39)32(44)33-18-25-9-6-5-7-10-25)19-26-11-8-12-28(34-26)37-20-27(21-37)36-16-14-35(4-2)15-17-36/h3,5-12,27,29H,1,4,13-24H2,2H3,(H,33,44)/t29-/m0/s1. The lowest BCUT2D eigenvalue weighted by Crippen LogP contribution is -2.73. The van der Waals surface area contributed by atoms with Crippen LogP contribution in [0, 0.1) is 0 Å². The number of piperazine rings is 2. The minimum Gasteiger partial charge on any atom is -0.353 e. The van der Waals surface area contributed by atoms with Crippen molar-refractivity contribution in [1.82, 2.24) is 39.9 Å². The Bertz CT molecular complexity index is 1340. The van der Waals surface area contributed by atoms with E-state index in [1.165, 1.54) is 4.90 Å². The van der Waals surface area contributed by atoms with E-state index in [0.717, 1.165) is 62.9 Å². The number of nitrogens with one attached hydrogen (secondary N) is 1. The summed E-state index contributed by atoms with van der Waals surface area (Å²) in [5, 5.41) is 6.27. The van der Waals surface area contributed by atoms with E-state index >= 15 is 0 Å². The number of carbonyl (C=O) groups is 3. The van der Waals surface area contributed by atoms with E-state index in [0.29, 0.717) is 25.7 Å². The number of hydrogen-bond acceptors (Lipinski definition) is 8. The van der Waals surface area contributed by atoms with Gasteiger partial charge in [-0.3, -0.25) is 14.5 Å². The lowest BCUT2D eigenvalue weighted by Gasteiger charge is -2.52. The summed E-state index contributed by atoms with van der Waals surface area (Å²) < 4.78 is 0. The number of hydrogen-bond donors (Lipinski definition) is 1. The van der Waals surface area contributed by atoms with Crippen molar-refractivity contribution in [1.29, 1.82) is 0 Å². The molecule has 0 saturated carbocycles. The molecule has 0 spiro atoms. The zero-order valence-electron chi connectivity index (χ0n) is 25.6. The molecule has 4 fully saturated rings. The lowest BCUT2D eigenvalue weighted by atomic mass is 10.1. The van der Waals surface area contributed by atoms with Gasteiger partial charge >= 0.3 is 6.03 Å². The first-order valence-corrected chi connectivity index (χ1v) is 15.6. The molecule has 1 N–H and O–H groups in total. The van der Waals surface area contributed by atoms with Gasteiger partial charge in [-0.05, 0) is 24.2 Å². The van der Waals surface area contributed by atoms with Gasteiger partial charge in [-0.25, -0.2) is 19.8 Å². The summed E-state index contributed by atoms with van der Waals surface area (Å²) in [4.78, 5) is 55.5. The molecule has 0 radical (unpaired) electrons. The minimum absolute atomic E-state index is 0.00325. The fourth-order valence-corrected chi connectivity index (χ4v) is 6.54. The number of benzene rings is 1. The molecule has 0 bridgehead atoms. The smallest absolute Gasteiger partial charge is 0.334 e. The van der Waals surface area contributed by atoms with Gasteiger partial charge in [0, 0.05) is 58.4 Å². The highest BCUT2D eigenvalue weighted by atomic mass is 16.2. The van der Waals surface area contributed by atoms with E-state index < -0.39 is 6.17 Å². The van der Waals surface area contributed by atoms with Crippen LogP contribution in [0.3, 0.4) is 0 Å². The van der Waals surface area contributed by atoms with E-state index in [2.05, 4.69) is 33.5 Å². The average Bonchev–Trinajstić information content (AvgIpc) is 3.01. The molecular weight excluding hydrogens is 558 g/mol. The molecule has 4 aliphatic rings. The maximum absolute atomic E-state index is 13.6. The van der Waals surface area contributed by atoms with Crippen molar-refractivity contribution in [3.05, 3.63) is 72.4 Å². The van der Waals surface area contributed by atoms with E-state index in [1.54, 1.807) is 21.0 Å². The molecule has 1 aromatic heterocycles. The number of hydrazine groups is 1. The van der Waals surface area contributed by atoms with Crippen LogP contribution in [0.5, 0.6) is 0 Å². The summed E-state index contributed by atoms with van der Waals surface area (Å²) in [6.45, 7) is 14.7. The van der Waals surface area contributed by atoms with Gasteiger partial charge in [0.25, 0.3) is 0 Å². The Hall–Kier alpha value is -4.00. The molecule has 6 rings (SSSR count). The molecule has 0 unspecified atom stereocenters. The van der Waals surface area contributed by atoms with Gasteiger partial charge in [0.05, 0.1) is 25.3 Å². The molecule has 1 aromatic carbocycles.